The molecule has 0 aliphatic carbocycles. The lowest BCUT2D eigenvalue weighted by Crippen LogP contribution is -2.14. The van der Waals surface area contributed by atoms with Gasteiger partial charge in [0.25, 0.3) is 6.47 Å². The van der Waals surface area contributed by atoms with Crippen LogP contribution in [0.2, 0.25) is 0 Å². The van der Waals surface area contributed by atoms with Crippen LogP contribution in [-0.4, -0.2) is 18.9 Å². The van der Waals surface area contributed by atoms with Crippen LogP contribution < -0.4 is 0 Å². The molecule has 0 N–H and O–H groups in total. The number of carbonyl (C=O) groups excluding carboxylic acids is 2. The van der Waals surface area contributed by atoms with Gasteiger partial charge in [-0.05, 0) is 23.8 Å². The van der Waals surface area contributed by atoms with Gasteiger partial charge in [0.1, 0.15) is 12.4 Å². The summed E-state index contributed by atoms with van der Waals surface area (Å²) in [7, 11) is 0. The number of hydrogen-bond donors (Lipinski definition) is 0. The van der Waals surface area contributed by atoms with Crippen LogP contribution in [0.4, 0.5) is 4.39 Å². The zero-order valence-electron chi connectivity index (χ0n) is 10.4. The number of benzene rings is 1. The molecule has 0 spiro atoms. The normalized spacial score (nSPS) is 11.4. The molecule has 0 saturated carbocycles. The third kappa shape index (κ3) is 4.13. The summed E-state index contributed by atoms with van der Waals surface area (Å²) in [4.78, 5) is 22.1. The fourth-order valence-corrected chi connectivity index (χ4v) is 1.44. The maximum atomic E-state index is 12.8. The molecule has 0 amide bonds. The molecular formula is C14H15FO3. The van der Waals surface area contributed by atoms with Gasteiger partial charge in [-0.25, -0.2) is 4.39 Å². The van der Waals surface area contributed by atoms with Crippen LogP contribution in [0, 0.1) is 11.7 Å². The molecule has 0 atom stereocenters. The highest BCUT2D eigenvalue weighted by Crippen LogP contribution is 2.13. The first kappa shape index (κ1) is 14.1. The SMILES string of the molecule is CC(C)C(=O)/C(=C/c1ccc(F)cc1)COC=O. The fraction of sp³-hybridized carbons (Fsp3) is 0.286. The molecule has 1 aromatic carbocycles. The van der Waals surface area contributed by atoms with E-state index in [4.69, 9.17) is 0 Å². The van der Waals surface area contributed by atoms with Gasteiger partial charge in [0.15, 0.2) is 5.78 Å². The molecule has 0 heterocycles. The Hall–Kier alpha value is -1.97. The van der Waals surface area contributed by atoms with E-state index in [1.807, 2.05) is 0 Å². The Labute approximate surface area is 105 Å². The molecule has 0 fully saturated rings. The smallest absolute Gasteiger partial charge is 0.293 e. The molecule has 0 bridgehead atoms. The van der Waals surface area contributed by atoms with Crippen molar-refractivity contribution < 1.29 is 18.7 Å². The molecule has 0 saturated heterocycles. The minimum Gasteiger partial charge on any atom is -0.463 e. The first-order valence-electron chi connectivity index (χ1n) is 5.60. The third-order valence-electron chi connectivity index (χ3n) is 2.36. The lowest BCUT2D eigenvalue weighted by molar-refractivity contribution is -0.128. The van der Waals surface area contributed by atoms with Crippen molar-refractivity contribution in [2.24, 2.45) is 5.92 Å². The van der Waals surface area contributed by atoms with E-state index in [1.165, 1.54) is 12.1 Å². The Balaban J connectivity index is 2.97. The zero-order chi connectivity index (χ0) is 13.5. The number of hydrogen-bond acceptors (Lipinski definition) is 3. The number of carbonyl (C=O) groups is 2. The standard InChI is InChI=1S/C14H15FO3/c1-10(2)14(17)12(8-18-9-16)7-11-3-5-13(15)6-4-11/h3-7,9-10H,8H2,1-2H3/b12-7+. The first-order chi connectivity index (χ1) is 8.54. The molecule has 96 valence electrons. The molecule has 0 unspecified atom stereocenters. The summed E-state index contributed by atoms with van der Waals surface area (Å²) >= 11 is 0. The Morgan fingerprint density at radius 1 is 1.33 bits per heavy atom. The van der Waals surface area contributed by atoms with Crippen molar-refractivity contribution in [1.82, 2.24) is 0 Å². The highest BCUT2D eigenvalue weighted by atomic mass is 19.1. The summed E-state index contributed by atoms with van der Waals surface area (Å²) in [6.07, 6.45) is 1.60. The topological polar surface area (TPSA) is 43.4 Å². The largest absolute Gasteiger partial charge is 0.463 e. The predicted molar refractivity (Wildman–Crippen MR) is 66.2 cm³/mol. The monoisotopic (exact) mass is 250 g/mol. The lowest BCUT2D eigenvalue weighted by Gasteiger charge is -2.08. The fourth-order valence-electron chi connectivity index (χ4n) is 1.44. The van der Waals surface area contributed by atoms with Gasteiger partial charge in [-0.3, -0.25) is 9.59 Å². The summed E-state index contributed by atoms with van der Waals surface area (Å²) in [5, 5.41) is 0. The minimum absolute atomic E-state index is 0.0715. The van der Waals surface area contributed by atoms with E-state index in [9.17, 15) is 14.0 Å². The van der Waals surface area contributed by atoms with E-state index in [2.05, 4.69) is 4.74 Å². The number of halogens is 1. The van der Waals surface area contributed by atoms with Gasteiger partial charge in [-0.2, -0.15) is 0 Å². The van der Waals surface area contributed by atoms with Gasteiger partial charge < -0.3 is 4.74 Å². The van der Waals surface area contributed by atoms with Gasteiger partial charge in [0.2, 0.25) is 0 Å². The summed E-state index contributed by atoms with van der Waals surface area (Å²) in [5.74, 6) is -0.624. The molecule has 0 radical (unpaired) electrons. The van der Waals surface area contributed by atoms with Crippen LogP contribution in [0.25, 0.3) is 6.08 Å². The van der Waals surface area contributed by atoms with Crippen LogP contribution in [0.1, 0.15) is 19.4 Å². The predicted octanol–water partition coefficient (Wildman–Crippen LogP) is 2.61. The van der Waals surface area contributed by atoms with E-state index >= 15 is 0 Å². The molecule has 1 aromatic rings. The molecule has 18 heavy (non-hydrogen) atoms. The number of rotatable bonds is 6. The summed E-state index contributed by atoms with van der Waals surface area (Å²) < 4.78 is 17.4. The van der Waals surface area contributed by atoms with Crippen molar-refractivity contribution in [1.29, 1.82) is 0 Å². The zero-order valence-corrected chi connectivity index (χ0v) is 10.4. The Morgan fingerprint density at radius 3 is 2.44 bits per heavy atom. The average molecular weight is 250 g/mol. The molecule has 0 aliphatic heterocycles. The van der Waals surface area contributed by atoms with Crippen molar-refractivity contribution in [2.75, 3.05) is 6.61 Å². The van der Waals surface area contributed by atoms with Crippen LogP contribution in [0.5, 0.6) is 0 Å². The summed E-state index contributed by atoms with van der Waals surface area (Å²) in [6.45, 7) is 3.76. The molecule has 1 rings (SSSR count). The molecular weight excluding hydrogens is 235 g/mol. The van der Waals surface area contributed by atoms with Gasteiger partial charge in [0, 0.05) is 11.5 Å². The van der Waals surface area contributed by atoms with E-state index < -0.39 is 0 Å². The van der Waals surface area contributed by atoms with Crippen LogP contribution in [-0.2, 0) is 14.3 Å². The van der Waals surface area contributed by atoms with Crippen molar-refractivity contribution in [3.63, 3.8) is 0 Å². The first-order valence-corrected chi connectivity index (χ1v) is 5.60. The van der Waals surface area contributed by atoms with Gasteiger partial charge in [-0.15, -0.1) is 0 Å². The maximum absolute atomic E-state index is 12.8. The van der Waals surface area contributed by atoms with Crippen LogP contribution >= 0.6 is 0 Å². The second kappa shape index (κ2) is 6.69. The Morgan fingerprint density at radius 2 is 1.94 bits per heavy atom. The second-order valence-corrected chi connectivity index (χ2v) is 4.15. The lowest BCUT2D eigenvalue weighted by atomic mass is 9.99. The Bertz CT molecular complexity index is 447. The molecule has 3 nitrogen and oxygen atoms in total. The second-order valence-electron chi connectivity index (χ2n) is 4.15. The van der Waals surface area contributed by atoms with E-state index in [0.717, 1.165) is 0 Å². The molecule has 4 heteroatoms. The van der Waals surface area contributed by atoms with E-state index in [0.29, 0.717) is 17.6 Å². The minimum atomic E-state index is -0.340. The maximum Gasteiger partial charge on any atom is 0.293 e. The van der Waals surface area contributed by atoms with Gasteiger partial charge >= 0.3 is 0 Å². The summed E-state index contributed by atoms with van der Waals surface area (Å²) in [5.41, 5.74) is 1.08. The van der Waals surface area contributed by atoms with Crippen molar-refractivity contribution in [3.8, 4) is 0 Å². The molecule has 0 aliphatic rings. The van der Waals surface area contributed by atoms with E-state index in [-0.39, 0.29) is 24.1 Å². The summed E-state index contributed by atoms with van der Waals surface area (Å²) in [6, 6.07) is 5.74. The number of ether oxygens (including phenoxy) is 1. The van der Waals surface area contributed by atoms with Gasteiger partial charge in [0.05, 0.1) is 0 Å². The Kier molecular flexibility index (Phi) is 5.24. The van der Waals surface area contributed by atoms with E-state index in [1.54, 1.807) is 32.1 Å². The van der Waals surface area contributed by atoms with Crippen molar-refractivity contribution in [2.45, 2.75) is 13.8 Å². The number of ketones is 1. The number of Topliss-reactive ketones (excluding diaryl/α,β-unsaturated/α-hetero) is 1. The highest BCUT2D eigenvalue weighted by molar-refractivity contribution is 6.01. The molecule has 0 aromatic heterocycles. The quantitative estimate of drug-likeness (QED) is 0.575. The van der Waals surface area contributed by atoms with Crippen molar-refractivity contribution in [3.05, 3.63) is 41.2 Å². The van der Waals surface area contributed by atoms with Crippen LogP contribution in [0.15, 0.2) is 29.8 Å². The third-order valence-corrected chi connectivity index (χ3v) is 2.36. The highest BCUT2D eigenvalue weighted by Gasteiger charge is 2.14. The van der Waals surface area contributed by atoms with Crippen molar-refractivity contribution >= 4 is 18.3 Å². The van der Waals surface area contributed by atoms with Crippen LogP contribution in [0.3, 0.4) is 0 Å². The average Bonchev–Trinajstić information content (AvgIpc) is 2.35. The van der Waals surface area contributed by atoms with Gasteiger partial charge in [-0.1, -0.05) is 26.0 Å².